The number of halogens is 1. The number of fused-ring (bicyclic) bond motifs is 1. The monoisotopic (exact) mass is 418 g/mol. The van der Waals surface area contributed by atoms with Crippen LogP contribution in [0.4, 0.5) is 0 Å². The second kappa shape index (κ2) is 10.5. The maximum absolute atomic E-state index is 12.6. The first-order valence-corrected chi connectivity index (χ1v) is 10.6. The topological polar surface area (TPSA) is 63.1 Å². The molecule has 0 spiro atoms. The Morgan fingerprint density at radius 3 is 2.59 bits per heavy atom. The smallest absolute Gasteiger partial charge is 0.275 e. The van der Waals surface area contributed by atoms with Gasteiger partial charge >= 0.3 is 0 Å². The second-order valence-electron chi connectivity index (χ2n) is 7.39. The molecule has 6 nitrogen and oxygen atoms in total. The van der Waals surface area contributed by atoms with Crippen molar-refractivity contribution in [2.24, 2.45) is 0 Å². The number of unbranched alkanes of at least 4 members (excludes halogenated alkanes) is 1. The van der Waals surface area contributed by atoms with E-state index < -0.39 is 0 Å². The summed E-state index contributed by atoms with van der Waals surface area (Å²) in [6.07, 6.45) is 2.08. The summed E-state index contributed by atoms with van der Waals surface area (Å²) in [5, 5.41) is 5.43. The van der Waals surface area contributed by atoms with Crippen LogP contribution in [0, 0.1) is 0 Å². The molecule has 29 heavy (non-hydrogen) atoms. The van der Waals surface area contributed by atoms with Gasteiger partial charge in [-0.05, 0) is 18.6 Å². The van der Waals surface area contributed by atoms with E-state index >= 15 is 0 Å². The number of quaternary nitrogens is 1. The summed E-state index contributed by atoms with van der Waals surface area (Å²) < 4.78 is 5.81. The molecule has 156 valence electrons. The fourth-order valence-corrected chi connectivity index (χ4v) is 3.76. The average molecular weight is 419 g/mol. The van der Waals surface area contributed by atoms with Crippen LogP contribution < -0.4 is 15.0 Å². The third-order valence-electron chi connectivity index (χ3n) is 5.27. The molecule has 0 aliphatic carbocycles. The lowest BCUT2D eigenvalue weighted by atomic mass is 10.1. The zero-order valence-corrected chi connectivity index (χ0v) is 17.6. The number of nitrogens with one attached hydrogen (secondary N) is 2. The Morgan fingerprint density at radius 1 is 1.14 bits per heavy atom. The second-order valence-corrected chi connectivity index (χ2v) is 7.80. The summed E-state index contributed by atoms with van der Waals surface area (Å²) in [7, 11) is 0. The number of carbonyl (C=O) groups is 2. The van der Waals surface area contributed by atoms with Crippen LogP contribution in [0.25, 0.3) is 10.8 Å². The molecule has 1 aliphatic rings. The van der Waals surface area contributed by atoms with E-state index in [9.17, 15) is 9.59 Å². The zero-order valence-electron chi connectivity index (χ0n) is 16.9. The quantitative estimate of drug-likeness (QED) is 0.639. The highest BCUT2D eigenvalue weighted by Crippen LogP contribution is 2.31. The van der Waals surface area contributed by atoms with Crippen molar-refractivity contribution in [3.8, 4) is 5.75 Å². The summed E-state index contributed by atoms with van der Waals surface area (Å²) in [5.41, 5.74) is 0. The zero-order chi connectivity index (χ0) is 20.6. The minimum Gasteiger partial charge on any atom is -0.483 e. The minimum atomic E-state index is -0.0320. The van der Waals surface area contributed by atoms with Gasteiger partial charge in [-0.2, -0.15) is 0 Å². The fraction of sp³-hybridized carbons (Fsp3) is 0.455. The lowest BCUT2D eigenvalue weighted by Crippen LogP contribution is -3.15. The maximum atomic E-state index is 12.6. The molecular formula is C22H29ClN3O3+. The van der Waals surface area contributed by atoms with Crippen LogP contribution in [0.15, 0.2) is 36.4 Å². The molecule has 3 rings (SSSR count). The van der Waals surface area contributed by atoms with Gasteiger partial charge in [0, 0.05) is 22.3 Å². The van der Waals surface area contributed by atoms with E-state index in [4.69, 9.17) is 16.3 Å². The molecule has 1 fully saturated rings. The number of piperazine rings is 1. The molecule has 2 N–H and O–H groups in total. The predicted octanol–water partition coefficient (Wildman–Crippen LogP) is 1.52. The molecule has 2 amide bonds. The summed E-state index contributed by atoms with van der Waals surface area (Å²) in [4.78, 5) is 27.5. The van der Waals surface area contributed by atoms with Crippen molar-refractivity contribution < 1.29 is 19.2 Å². The molecule has 2 aromatic carbocycles. The Kier molecular flexibility index (Phi) is 7.72. The molecule has 2 aromatic rings. The molecule has 0 atom stereocenters. The van der Waals surface area contributed by atoms with Gasteiger partial charge in [0.1, 0.15) is 5.75 Å². The van der Waals surface area contributed by atoms with Crippen molar-refractivity contribution in [1.29, 1.82) is 0 Å². The Bertz CT molecular complexity index is 850. The number of ether oxygens (including phenoxy) is 1. The first-order valence-electron chi connectivity index (χ1n) is 10.3. The number of benzene rings is 2. The van der Waals surface area contributed by atoms with Crippen molar-refractivity contribution in [3.63, 3.8) is 0 Å². The van der Waals surface area contributed by atoms with Crippen LogP contribution in [0.2, 0.25) is 5.02 Å². The number of nitrogens with zero attached hydrogens (tertiary/aromatic N) is 1. The number of amides is 2. The van der Waals surface area contributed by atoms with E-state index in [0.29, 0.717) is 30.4 Å². The van der Waals surface area contributed by atoms with E-state index in [-0.39, 0.29) is 18.4 Å². The van der Waals surface area contributed by atoms with Gasteiger partial charge < -0.3 is 19.9 Å². The Hall–Kier alpha value is -2.31. The molecule has 1 heterocycles. The number of carbonyl (C=O) groups excluding carboxylic acids is 2. The Balaban J connectivity index is 1.46. The molecule has 0 aromatic heterocycles. The van der Waals surface area contributed by atoms with Crippen LogP contribution in [0.5, 0.6) is 5.75 Å². The van der Waals surface area contributed by atoms with Crippen molar-refractivity contribution >= 4 is 34.2 Å². The van der Waals surface area contributed by atoms with Crippen LogP contribution in [-0.2, 0) is 9.59 Å². The van der Waals surface area contributed by atoms with Gasteiger partial charge in [-0.3, -0.25) is 9.59 Å². The van der Waals surface area contributed by atoms with Gasteiger partial charge in [-0.1, -0.05) is 49.2 Å². The Morgan fingerprint density at radius 2 is 1.86 bits per heavy atom. The SMILES string of the molecule is CCCCNC(=O)C[NH+]1CCN(C(=O)COc2ccc(Cl)c3ccccc23)CC1. The highest BCUT2D eigenvalue weighted by Gasteiger charge is 2.25. The molecular weight excluding hydrogens is 390 g/mol. The van der Waals surface area contributed by atoms with E-state index in [0.717, 1.165) is 43.2 Å². The molecule has 1 saturated heterocycles. The van der Waals surface area contributed by atoms with Gasteiger partial charge in [0.2, 0.25) is 0 Å². The van der Waals surface area contributed by atoms with Gasteiger partial charge in [0.05, 0.1) is 26.2 Å². The maximum Gasteiger partial charge on any atom is 0.275 e. The lowest BCUT2D eigenvalue weighted by Gasteiger charge is -2.31. The van der Waals surface area contributed by atoms with Crippen LogP contribution in [0.3, 0.4) is 0 Å². The number of rotatable bonds is 8. The average Bonchev–Trinajstić information content (AvgIpc) is 2.74. The molecule has 0 bridgehead atoms. The van der Waals surface area contributed by atoms with Gasteiger partial charge in [0.25, 0.3) is 11.8 Å². The molecule has 1 aliphatic heterocycles. The first-order chi connectivity index (χ1) is 14.1. The van der Waals surface area contributed by atoms with Gasteiger partial charge in [0.15, 0.2) is 13.2 Å². The summed E-state index contributed by atoms with van der Waals surface area (Å²) in [6, 6.07) is 11.3. The Labute approximate surface area is 176 Å². The summed E-state index contributed by atoms with van der Waals surface area (Å²) in [6.45, 7) is 6.14. The first kappa shape index (κ1) is 21.4. The lowest BCUT2D eigenvalue weighted by molar-refractivity contribution is -0.896. The van der Waals surface area contributed by atoms with Crippen LogP contribution >= 0.6 is 11.6 Å². The highest BCUT2D eigenvalue weighted by atomic mass is 35.5. The molecule has 0 unspecified atom stereocenters. The molecule has 0 saturated carbocycles. The van der Waals surface area contributed by atoms with Crippen LogP contribution in [0.1, 0.15) is 19.8 Å². The van der Waals surface area contributed by atoms with Crippen molar-refractivity contribution in [1.82, 2.24) is 10.2 Å². The van der Waals surface area contributed by atoms with E-state index in [1.807, 2.05) is 29.2 Å². The summed E-state index contributed by atoms with van der Waals surface area (Å²) in [5.74, 6) is 0.716. The number of hydrogen-bond donors (Lipinski definition) is 2. The minimum absolute atomic E-state index is 0.00152. The standard InChI is InChI=1S/C22H28ClN3O3/c1-2-3-10-24-21(27)15-25-11-13-26(14-12-25)22(28)16-29-20-9-8-19(23)17-6-4-5-7-18(17)20/h4-9H,2-3,10-16H2,1H3,(H,24,27)/p+1. The van der Waals surface area contributed by atoms with Gasteiger partial charge in [-0.25, -0.2) is 0 Å². The van der Waals surface area contributed by atoms with E-state index in [1.54, 1.807) is 12.1 Å². The molecule has 0 radical (unpaired) electrons. The highest BCUT2D eigenvalue weighted by molar-refractivity contribution is 6.35. The van der Waals surface area contributed by atoms with Crippen molar-refractivity contribution in [2.45, 2.75) is 19.8 Å². The molecule has 7 heteroatoms. The van der Waals surface area contributed by atoms with Crippen molar-refractivity contribution in [3.05, 3.63) is 41.4 Å². The van der Waals surface area contributed by atoms with E-state index in [1.165, 1.54) is 4.90 Å². The predicted molar refractivity (Wildman–Crippen MR) is 115 cm³/mol. The summed E-state index contributed by atoms with van der Waals surface area (Å²) >= 11 is 6.24. The largest absolute Gasteiger partial charge is 0.483 e. The van der Waals surface area contributed by atoms with E-state index in [2.05, 4.69) is 12.2 Å². The third kappa shape index (κ3) is 5.84. The van der Waals surface area contributed by atoms with Crippen LogP contribution in [-0.4, -0.2) is 62.6 Å². The fourth-order valence-electron chi connectivity index (χ4n) is 3.53. The van der Waals surface area contributed by atoms with Crippen molar-refractivity contribution in [2.75, 3.05) is 45.9 Å². The third-order valence-corrected chi connectivity index (χ3v) is 5.60. The van der Waals surface area contributed by atoms with Gasteiger partial charge in [-0.15, -0.1) is 0 Å². The number of hydrogen-bond acceptors (Lipinski definition) is 3. The normalized spacial score (nSPS) is 14.8.